The minimum absolute atomic E-state index is 0.111. The minimum Gasteiger partial charge on any atom is -0.493 e. The quantitative estimate of drug-likeness (QED) is 0.747. The van der Waals surface area contributed by atoms with Gasteiger partial charge in [0.05, 0.1) is 19.3 Å². The number of rotatable bonds is 7. The van der Waals surface area contributed by atoms with Crippen LogP contribution in [-0.4, -0.2) is 58.3 Å². The summed E-state index contributed by atoms with van der Waals surface area (Å²) in [5, 5.41) is 0. The van der Waals surface area contributed by atoms with E-state index in [1.54, 1.807) is 19.2 Å². The third kappa shape index (κ3) is 5.07. The Balaban J connectivity index is 1.83. The van der Waals surface area contributed by atoms with Crippen molar-refractivity contribution in [1.82, 2.24) is 9.03 Å². The smallest absolute Gasteiger partial charge is 0.279 e. The number of para-hydroxylation sites is 2. The molecule has 0 radical (unpaired) electrons. The van der Waals surface area contributed by atoms with Crippen molar-refractivity contribution in [3.8, 4) is 11.5 Å². The fourth-order valence-electron chi connectivity index (χ4n) is 2.49. The van der Waals surface area contributed by atoms with Gasteiger partial charge in [-0.05, 0) is 26.0 Å². The molecular formula is C15H24N2O5S. The van der Waals surface area contributed by atoms with Crippen LogP contribution in [0.5, 0.6) is 11.5 Å². The maximum absolute atomic E-state index is 12.3. The minimum atomic E-state index is -3.53. The van der Waals surface area contributed by atoms with Gasteiger partial charge in [0.2, 0.25) is 0 Å². The Morgan fingerprint density at radius 2 is 1.83 bits per heavy atom. The van der Waals surface area contributed by atoms with Crippen molar-refractivity contribution in [2.45, 2.75) is 26.1 Å². The summed E-state index contributed by atoms with van der Waals surface area (Å²) in [5.41, 5.74) is 0. The maximum Gasteiger partial charge on any atom is 0.279 e. The Kier molecular flexibility index (Phi) is 6.23. The first-order chi connectivity index (χ1) is 10.9. The highest BCUT2D eigenvalue weighted by atomic mass is 32.2. The first-order valence-corrected chi connectivity index (χ1v) is 9.02. The molecule has 0 saturated carbocycles. The average molecular weight is 344 g/mol. The predicted molar refractivity (Wildman–Crippen MR) is 87.0 cm³/mol. The summed E-state index contributed by atoms with van der Waals surface area (Å²) in [4.78, 5) is 0. The van der Waals surface area contributed by atoms with Gasteiger partial charge in [-0.2, -0.15) is 17.4 Å². The number of benzene rings is 1. The summed E-state index contributed by atoms with van der Waals surface area (Å²) < 4.78 is 44.8. The lowest BCUT2D eigenvalue weighted by molar-refractivity contribution is -0.0444. The van der Waals surface area contributed by atoms with E-state index < -0.39 is 10.2 Å². The zero-order chi connectivity index (χ0) is 16.9. The Morgan fingerprint density at radius 1 is 1.22 bits per heavy atom. The molecule has 130 valence electrons. The number of methoxy groups -OCH3 is 1. The van der Waals surface area contributed by atoms with Crippen LogP contribution in [0.3, 0.4) is 0 Å². The van der Waals surface area contributed by atoms with Crippen molar-refractivity contribution in [3.05, 3.63) is 24.3 Å². The second kappa shape index (κ2) is 7.96. The van der Waals surface area contributed by atoms with Gasteiger partial charge in [-0.1, -0.05) is 12.1 Å². The SMILES string of the molecule is COc1ccccc1OCCNS(=O)(=O)N1C[C@@H](C)O[C@H](C)C1. The van der Waals surface area contributed by atoms with Crippen LogP contribution in [0.25, 0.3) is 0 Å². The highest BCUT2D eigenvalue weighted by molar-refractivity contribution is 7.87. The summed E-state index contributed by atoms with van der Waals surface area (Å²) in [6, 6.07) is 7.24. The van der Waals surface area contributed by atoms with Crippen molar-refractivity contribution in [2.24, 2.45) is 0 Å². The average Bonchev–Trinajstić information content (AvgIpc) is 2.51. The molecule has 1 aliphatic heterocycles. The van der Waals surface area contributed by atoms with Gasteiger partial charge in [-0.15, -0.1) is 0 Å². The first kappa shape index (κ1) is 18.0. The van der Waals surface area contributed by atoms with Crippen LogP contribution in [-0.2, 0) is 14.9 Å². The van der Waals surface area contributed by atoms with Gasteiger partial charge >= 0.3 is 0 Å². The van der Waals surface area contributed by atoms with E-state index in [2.05, 4.69) is 4.72 Å². The van der Waals surface area contributed by atoms with Crippen LogP contribution >= 0.6 is 0 Å². The third-order valence-corrected chi connectivity index (χ3v) is 4.99. The number of hydrogen-bond donors (Lipinski definition) is 1. The van der Waals surface area contributed by atoms with Crippen LogP contribution < -0.4 is 14.2 Å². The molecule has 23 heavy (non-hydrogen) atoms. The van der Waals surface area contributed by atoms with Gasteiger partial charge in [0.25, 0.3) is 10.2 Å². The molecule has 1 aromatic carbocycles. The Labute approximate surface area is 137 Å². The molecule has 0 bridgehead atoms. The molecular weight excluding hydrogens is 320 g/mol. The summed E-state index contributed by atoms with van der Waals surface area (Å²) >= 11 is 0. The molecule has 7 nitrogen and oxygen atoms in total. The maximum atomic E-state index is 12.3. The molecule has 1 N–H and O–H groups in total. The molecule has 1 heterocycles. The fraction of sp³-hybridized carbons (Fsp3) is 0.600. The van der Waals surface area contributed by atoms with Crippen molar-refractivity contribution in [1.29, 1.82) is 0 Å². The third-order valence-electron chi connectivity index (χ3n) is 3.44. The van der Waals surface area contributed by atoms with E-state index in [4.69, 9.17) is 14.2 Å². The highest BCUT2D eigenvalue weighted by Gasteiger charge is 2.30. The molecule has 2 rings (SSSR count). The number of nitrogens with one attached hydrogen (secondary N) is 1. The zero-order valence-electron chi connectivity index (χ0n) is 13.7. The molecule has 1 aliphatic rings. The molecule has 8 heteroatoms. The van der Waals surface area contributed by atoms with E-state index in [9.17, 15) is 8.42 Å². The lowest BCUT2D eigenvalue weighted by Gasteiger charge is -2.34. The second-order valence-electron chi connectivity index (χ2n) is 5.47. The van der Waals surface area contributed by atoms with E-state index in [-0.39, 0.29) is 25.4 Å². The number of morpholine rings is 1. The van der Waals surface area contributed by atoms with Gasteiger partial charge in [0.1, 0.15) is 6.61 Å². The molecule has 1 aromatic rings. The normalized spacial score (nSPS) is 22.7. The van der Waals surface area contributed by atoms with E-state index in [1.807, 2.05) is 26.0 Å². The number of hydrogen-bond acceptors (Lipinski definition) is 5. The van der Waals surface area contributed by atoms with E-state index >= 15 is 0 Å². The summed E-state index contributed by atoms with van der Waals surface area (Å²) in [5.74, 6) is 1.20. The van der Waals surface area contributed by atoms with E-state index in [0.29, 0.717) is 24.6 Å². The molecule has 2 atom stereocenters. The van der Waals surface area contributed by atoms with Crippen LogP contribution in [0.1, 0.15) is 13.8 Å². The first-order valence-electron chi connectivity index (χ1n) is 7.58. The molecule has 0 unspecified atom stereocenters. The Morgan fingerprint density at radius 3 is 2.43 bits per heavy atom. The van der Waals surface area contributed by atoms with E-state index in [0.717, 1.165) is 0 Å². The molecule has 1 fully saturated rings. The van der Waals surface area contributed by atoms with Gasteiger partial charge in [-0.25, -0.2) is 0 Å². The van der Waals surface area contributed by atoms with Crippen molar-refractivity contribution >= 4 is 10.2 Å². The van der Waals surface area contributed by atoms with Crippen molar-refractivity contribution < 1.29 is 22.6 Å². The predicted octanol–water partition coefficient (Wildman–Crippen LogP) is 1.02. The number of nitrogens with zero attached hydrogens (tertiary/aromatic N) is 1. The standard InChI is InChI=1S/C15H24N2O5S/c1-12-10-17(11-13(2)22-12)23(18,19)16-8-9-21-15-7-5-4-6-14(15)20-3/h4-7,12-13,16H,8-11H2,1-3H3/t12-,13-/m1/s1. The molecule has 0 aromatic heterocycles. The van der Waals surface area contributed by atoms with E-state index in [1.165, 1.54) is 4.31 Å². The van der Waals surface area contributed by atoms with Crippen LogP contribution in [0.2, 0.25) is 0 Å². The molecule has 0 amide bonds. The molecule has 0 spiro atoms. The van der Waals surface area contributed by atoms with Crippen molar-refractivity contribution in [2.75, 3.05) is 33.4 Å². The highest BCUT2D eigenvalue weighted by Crippen LogP contribution is 2.25. The Hall–Kier alpha value is -1.35. The fourth-order valence-corrected chi connectivity index (χ4v) is 3.82. The largest absolute Gasteiger partial charge is 0.493 e. The van der Waals surface area contributed by atoms with Gasteiger partial charge in [0.15, 0.2) is 11.5 Å². The number of ether oxygens (including phenoxy) is 3. The molecule has 1 saturated heterocycles. The van der Waals surface area contributed by atoms with Crippen LogP contribution in [0, 0.1) is 0 Å². The Bertz CT molecular complexity index is 598. The lowest BCUT2D eigenvalue weighted by atomic mass is 10.3. The van der Waals surface area contributed by atoms with Crippen LogP contribution in [0.15, 0.2) is 24.3 Å². The lowest BCUT2D eigenvalue weighted by Crippen LogP contribution is -2.52. The van der Waals surface area contributed by atoms with Gasteiger partial charge in [-0.3, -0.25) is 0 Å². The molecule has 0 aliphatic carbocycles. The summed E-state index contributed by atoms with van der Waals surface area (Å²) in [6.45, 7) is 4.83. The van der Waals surface area contributed by atoms with Gasteiger partial charge in [0, 0.05) is 19.6 Å². The summed E-state index contributed by atoms with van der Waals surface area (Å²) in [6.07, 6.45) is -0.222. The summed E-state index contributed by atoms with van der Waals surface area (Å²) in [7, 11) is -1.97. The topological polar surface area (TPSA) is 77.1 Å². The van der Waals surface area contributed by atoms with Gasteiger partial charge < -0.3 is 14.2 Å². The van der Waals surface area contributed by atoms with Crippen LogP contribution in [0.4, 0.5) is 0 Å². The van der Waals surface area contributed by atoms with Crippen molar-refractivity contribution in [3.63, 3.8) is 0 Å². The second-order valence-corrected chi connectivity index (χ2v) is 7.23. The zero-order valence-corrected chi connectivity index (χ0v) is 14.5. The monoisotopic (exact) mass is 344 g/mol.